The van der Waals surface area contributed by atoms with Crippen LogP contribution < -0.4 is 16.6 Å². The number of hydrogen-bond donors (Lipinski definition) is 3. The Balaban J connectivity index is 1.93. The van der Waals surface area contributed by atoms with Crippen molar-refractivity contribution in [3.63, 3.8) is 0 Å². The molecule has 1 amide bonds. The minimum absolute atomic E-state index is 0.0605. The van der Waals surface area contributed by atoms with E-state index in [4.69, 9.17) is 10.6 Å². The summed E-state index contributed by atoms with van der Waals surface area (Å²) in [5.74, 6) is 5.34. The van der Waals surface area contributed by atoms with Crippen LogP contribution in [0.3, 0.4) is 0 Å². The summed E-state index contributed by atoms with van der Waals surface area (Å²) >= 11 is 0. The molecule has 0 aliphatic carbocycles. The molecule has 0 bridgehead atoms. The van der Waals surface area contributed by atoms with Gasteiger partial charge in [-0.2, -0.15) is 0 Å². The van der Waals surface area contributed by atoms with E-state index in [2.05, 4.69) is 20.7 Å². The van der Waals surface area contributed by atoms with E-state index in [0.717, 1.165) is 19.4 Å². The first kappa shape index (κ1) is 11.7. The SMILES string of the molecule is NNc1cnc(C(=O)NC2CCCOC2)cn1. The number of hydrazine groups is 1. The summed E-state index contributed by atoms with van der Waals surface area (Å²) in [5, 5.41) is 2.85. The normalized spacial score (nSPS) is 19.7. The van der Waals surface area contributed by atoms with Crippen molar-refractivity contribution in [2.75, 3.05) is 18.6 Å². The highest BCUT2D eigenvalue weighted by Gasteiger charge is 2.17. The third-order valence-corrected chi connectivity index (χ3v) is 2.53. The fourth-order valence-electron chi connectivity index (χ4n) is 1.63. The van der Waals surface area contributed by atoms with Gasteiger partial charge in [0.05, 0.1) is 25.0 Å². The number of nitrogens with zero attached hydrogens (tertiary/aromatic N) is 2. The number of hydrogen-bond acceptors (Lipinski definition) is 6. The maximum absolute atomic E-state index is 11.8. The summed E-state index contributed by atoms with van der Waals surface area (Å²) in [6, 6.07) is 0.0605. The summed E-state index contributed by atoms with van der Waals surface area (Å²) in [4.78, 5) is 19.7. The monoisotopic (exact) mass is 237 g/mol. The lowest BCUT2D eigenvalue weighted by atomic mass is 10.1. The molecule has 0 radical (unpaired) electrons. The van der Waals surface area contributed by atoms with Gasteiger partial charge in [-0.3, -0.25) is 4.79 Å². The number of carbonyl (C=O) groups excluding carboxylic acids is 1. The predicted octanol–water partition coefficient (Wildman–Crippen LogP) is -0.329. The average Bonchev–Trinajstić information content (AvgIpc) is 2.40. The lowest BCUT2D eigenvalue weighted by molar-refractivity contribution is 0.0622. The van der Waals surface area contributed by atoms with Crippen molar-refractivity contribution >= 4 is 11.7 Å². The summed E-state index contributed by atoms with van der Waals surface area (Å²) in [6.45, 7) is 1.32. The molecule has 2 heterocycles. The van der Waals surface area contributed by atoms with Crippen molar-refractivity contribution in [2.45, 2.75) is 18.9 Å². The molecule has 0 spiro atoms. The van der Waals surface area contributed by atoms with Crippen LogP contribution in [-0.4, -0.2) is 35.1 Å². The molecule has 2 rings (SSSR count). The Morgan fingerprint density at radius 1 is 1.47 bits per heavy atom. The van der Waals surface area contributed by atoms with E-state index in [-0.39, 0.29) is 17.6 Å². The zero-order chi connectivity index (χ0) is 12.1. The van der Waals surface area contributed by atoms with E-state index in [0.29, 0.717) is 12.4 Å². The molecule has 7 nitrogen and oxygen atoms in total. The zero-order valence-electron chi connectivity index (χ0n) is 9.35. The van der Waals surface area contributed by atoms with Gasteiger partial charge in [0.1, 0.15) is 5.69 Å². The van der Waals surface area contributed by atoms with Crippen LogP contribution >= 0.6 is 0 Å². The van der Waals surface area contributed by atoms with Crippen LogP contribution in [0.25, 0.3) is 0 Å². The molecule has 1 aliphatic rings. The van der Waals surface area contributed by atoms with E-state index < -0.39 is 0 Å². The molecule has 1 unspecified atom stereocenters. The molecular formula is C10H15N5O2. The van der Waals surface area contributed by atoms with Crippen molar-refractivity contribution in [3.8, 4) is 0 Å². The van der Waals surface area contributed by atoms with Crippen molar-refractivity contribution in [1.82, 2.24) is 15.3 Å². The quantitative estimate of drug-likeness (QED) is 0.491. The Morgan fingerprint density at radius 3 is 2.94 bits per heavy atom. The molecule has 1 aromatic rings. The maximum atomic E-state index is 11.8. The van der Waals surface area contributed by atoms with Crippen molar-refractivity contribution < 1.29 is 9.53 Å². The van der Waals surface area contributed by atoms with Gasteiger partial charge in [0.15, 0.2) is 5.82 Å². The number of nitrogen functional groups attached to an aromatic ring is 1. The largest absolute Gasteiger partial charge is 0.379 e. The summed E-state index contributed by atoms with van der Waals surface area (Å²) < 4.78 is 5.28. The first-order valence-electron chi connectivity index (χ1n) is 5.47. The second kappa shape index (κ2) is 5.55. The molecule has 1 atom stereocenters. The number of amides is 1. The van der Waals surface area contributed by atoms with E-state index in [1.54, 1.807) is 0 Å². The van der Waals surface area contributed by atoms with Crippen LogP contribution in [0.1, 0.15) is 23.3 Å². The van der Waals surface area contributed by atoms with Crippen molar-refractivity contribution in [1.29, 1.82) is 0 Å². The molecule has 7 heteroatoms. The number of aromatic nitrogens is 2. The molecule has 4 N–H and O–H groups in total. The van der Waals surface area contributed by atoms with Crippen LogP contribution in [0.5, 0.6) is 0 Å². The molecular weight excluding hydrogens is 222 g/mol. The molecule has 1 saturated heterocycles. The maximum Gasteiger partial charge on any atom is 0.271 e. The third-order valence-electron chi connectivity index (χ3n) is 2.53. The van der Waals surface area contributed by atoms with Crippen LogP contribution in [0, 0.1) is 0 Å². The second-order valence-electron chi connectivity index (χ2n) is 3.82. The van der Waals surface area contributed by atoms with Gasteiger partial charge in [0.2, 0.25) is 0 Å². The lowest BCUT2D eigenvalue weighted by Gasteiger charge is -2.22. The average molecular weight is 237 g/mol. The van der Waals surface area contributed by atoms with Crippen LogP contribution in [-0.2, 0) is 4.74 Å². The minimum atomic E-state index is -0.239. The van der Waals surface area contributed by atoms with Gasteiger partial charge in [-0.15, -0.1) is 0 Å². The number of carbonyl (C=O) groups is 1. The van der Waals surface area contributed by atoms with Crippen molar-refractivity contribution in [2.24, 2.45) is 5.84 Å². The van der Waals surface area contributed by atoms with Gasteiger partial charge in [-0.05, 0) is 12.8 Å². The number of ether oxygens (including phenoxy) is 1. The second-order valence-corrected chi connectivity index (χ2v) is 3.82. The highest BCUT2D eigenvalue weighted by atomic mass is 16.5. The van der Waals surface area contributed by atoms with Gasteiger partial charge in [0.25, 0.3) is 5.91 Å². The van der Waals surface area contributed by atoms with Crippen molar-refractivity contribution in [3.05, 3.63) is 18.1 Å². The van der Waals surface area contributed by atoms with Gasteiger partial charge in [0, 0.05) is 6.61 Å². The smallest absolute Gasteiger partial charge is 0.271 e. The van der Waals surface area contributed by atoms with Crippen LogP contribution in [0.2, 0.25) is 0 Å². The molecule has 1 aromatic heterocycles. The van der Waals surface area contributed by atoms with E-state index in [9.17, 15) is 4.79 Å². The molecule has 0 aromatic carbocycles. The molecule has 1 aliphatic heterocycles. The molecule has 17 heavy (non-hydrogen) atoms. The summed E-state index contributed by atoms with van der Waals surface area (Å²) in [5.41, 5.74) is 2.62. The van der Waals surface area contributed by atoms with Crippen LogP contribution in [0.15, 0.2) is 12.4 Å². The van der Waals surface area contributed by atoms with E-state index in [1.807, 2.05) is 0 Å². The Kier molecular flexibility index (Phi) is 3.84. The Bertz CT molecular complexity index is 375. The fourth-order valence-corrected chi connectivity index (χ4v) is 1.63. The van der Waals surface area contributed by atoms with Crippen LogP contribution in [0.4, 0.5) is 5.82 Å². The minimum Gasteiger partial charge on any atom is -0.379 e. The molecule has 92 valence electrons. The number of anilines is 1. The van der Waals surface area contributed by atoms with Gasteiger partial charge in [-0.25, -0.2) is 15.8 Å². The third kappa shape index (κ3) is 3.11. The lowest BCUT2D eigenvalue weighted by Crippen LogP contribution is -2.40. The summed E-state index contributed by atoms with van der Waals surface area (Å²) in [7, 11) is 0. The van der Waals surface area contributed by atoms with E-state index in [1.165, 1.54) is 12.4 Å². The zero-order valence-corrected chi connectivity index (χ0v) is 9.35. The number of nitrogens with two attached hydrogens (primary N) is 1. The van der Waals surface area contributed by atoms with Gasteiger partial charge >= 0.3 is 0 Å². The van der Waals surface area contributed by atoms with Gasteiger partial charge < -0.3 is 15.5 Å². The Morgan fingerprint density at radius 2 is 2.35 bits per heavy atom. The highest BCUT2D eigenvalue weighted by molar-refractivity contribution is 5.92. The Labute approximate surface area is 98.7 Å². The molecule has 0 saturated carbocycles. The first-order valence-corrected chi connectivity index (χ1v) is 5.47. The summed E-state index contributed by atoms with van der Waals surface area (Å²) in [6.07, 6.45) is 4.69. The standard InChI is InChI=1S/C10H15N5O2/c11-15-9-5-12-8(4-13-9)10(16)14-7-2-1-3-17-6-7/h4-5,7H,1-3,6,11H2,(H,13,15)(H,14,16). The number of rotatable bonds is 3. The molecule has 1 fully saturated rings. The topological polar surface area (TPSA) is 102 Å². The fraction of sp³-hybridized carbons (Fsp3) is 0.500. The van der Waals surface area contributed by atoms with Gasteiger partial charge in [-0.1, -0.05) is 0 Å². The Hall–Kier alpha value is -1.73. The first-order chi connectivity index (χ1) is 8.29. The highest BCUT2D eigenvalue weighted by Crippen LogP contribution is 2.07. The predicted molar refractivity (Wildman–Crippen MR) is 61.1 cm³/mol. The van der Waals surface area contributed by atoms with E-state index >= 15 is 0 Å². The number of nitrogens with one attached hydrogen (secondary N) is 2.